The molecular weight excluding hydrogens is 408 g/mol. The van der Waals surface area contributed by atoms with Gasteiger partial charge >= 0.3 is 5.69 Å². The minimum Gasteiger partial charge on any atom is -0.383 e. The van der Waals surface area contributed by atoms with E-state index in [-0.39, 0.29) is 29.7 Å². The molecule has 30 heavy (non-hydrogen) atoms. The lowest BCUT2D eigenvalue weighted by atomic mass is 10.1. The van der Waals surface area contributed by atoms with E-state index < -0.39 is 32.7 Å². The van der Waals surface area contributed by atoms with Crippen LogP contribution >= 0.6 is 0 Å². The molecule has 0 fully saturated rings. The zero-order chi connectivity index (χ0) is 22.9. The van der Waals surface area contributed by atoms with Gasteiger partial charge in [-0.05, 0) is 25.2 Å². The minimum atomic E-state index is -3.62. The maximum atomic E-state index is 13.0. The number of sulfone groups is 1. The van der Waals surface area contributed by atoms with Crippen molar-refractivity contribution in [2.24, 2.45) is 5.92 Å². The molecule has 10 heteroatoms. The normalized spacial score (nSPS) is 11.8. The number of hydrogen-bond acceptors (Lipinski definition) is 6. The molecule has 1 heterocycles. The van der Waals surface area contributed by atoms with Crippen LogP contribution in [0.15, 0.2) is 9.59 Å². The highest BCUT2D eigenvalue weighted by molar-refractivity contribution is 7.92. The first kappa shape index (κ1) is 25.9. The second-order valence-corrected chi connectivity index (χ2v) is 10.2. The van der Waals surface area contributed by atoms with Crippen molar-refractivity contribution >= 4 is 27.2 Å². The number of nitrogens with two attached hydrogens (primary N) is 1. The maximum absolute atomic E-state index is 13.0. The van der Waals surface area contributed by atoms with Gasteiger partial charge in [0.05, 0.1) is 5.75 Å². The average molecular weight is 445 g/mol. The Morgan fingerprint density at radius 2 is 1.77 bits per heavy atom. The van der Waals surface area contributed by atoms with Crippen LogP contribution in [0.5, 0.6) is 0 Å². The summed E-state index contributed by atoms with van der Waals surface area (Å²) in [5, 5.41) is 0. The van der Waals surface area contributed by atoms with Gasteiger partial charge in [-0.25, -0.2) is 13.2 Å². The molecular formula is C20H36N4O5S. The number of aromatic amines is 1. The molecule has 0 saturated heterocycles. The van der Waals surface area contributed by atoms with E-state index in [1.54, 1.807) is 0 Å². The van der Waals surface area contributed by atoms with Gasteiger partial charge in [0.2, 0.25) is 5.91 Å². The first-order valence-corrected chi connectivity index (χ1v) is 12.5. The SMILES string of the molecule is CCCCCS(=O)(=O)CC(=O)N(CCC(C)C)c1c(N)n(CCCC)c(=O)[nH]c1=O. The quantitative estimate of drug-likeness (QED) is 0.446. The Morgan fingerprint density at radius 1 is 1.13 bits per heavy atom. The third-order valence-corrected chi connectivity index (χ3v) is 6.45. The summed E-state index contributed by atoms with van der Waals surface area (Å²) in [5.74, 6) is -1.37. The zero-order valence-corrected chi connectivity index (χ0v) is 19.4. The summed E-state index contributed by atoms with van der Waals surface area (Å²) in [6.07, 6.45) is 4.15. The smallest absolute Gasteiger partial charge is 0.330 e. The summed E-state index contributed by atoms with van der Waals surface area (Å²) in [6, 6.07) is 0. The van der Waals surface area contributed by atoms with Crippen molar-refractivity contribution in [2.75, 3.05) is 28.7 Å². The number of carbonyl (C=O) groups is 1. The molecule has 0 radical (unpaired) electrons. The van der Waals surface area contributed by atoms with Crippen molar-refractivity contribution in [3.05, 3.63) is 20.8 Å². The third kappa shape index (κ3) is 7.62. The van der Waals surface area contributed by atoms with Gasteiger partial charge in [0.1, 0.15) is 11.6 Å². The molecule has 0 atom stereocenters. The van der Waals surface area contributed by atoms with Gasteiger partial charge in [-0.1, -0.05) is 47.0 Å². The van der Waals surface area contributed by atoms with Gasteiger partial charge < -0.3 is 10.6 Å². The van der Waals surface area contributed by atoms with E-state index >= 15 is 0 Å². The van der Waals surface area contributed by atoms with E-state index in [2.05, 4.69) is 4.98 Å². The number of unbranched alkanes of at least 4 members (excludes halogenated alkanes) is 3. The van der Waals surface area contributed by atoms with Crippen molar-refractivity contribution in [3.8, 4) is 0 Å². The Kier molecular flexibility index (Phi) is 10.3. The second kappa shape index (κ2) is 11.9. The van der Waals surface area contributed by atoms with Crippen molar-refractivity contribution in [3.63, 3.8) is 0 Å². The summed E-state index contributed by atoms with van der Waals surface area (Å²) in [7, 11) is -3.62. The Bertz CT molecular complexity index is 918. The number of carbonyl (C=O) groups excluding carboxylic acids is 1. The fourth-order valence-electron chi connectivity index (χ4n) is 3.04. The molecule has 1 aromatic heterocycles. The van der Waals surface area contributed by atoms with Crippen molar-refractivity contribution in [2.45, 2.75) is 72.8 Å². The number of aromatic nitrogens is 2. The number of nitrogens with one attached hydrogen (secondary N) is 1. The predicted molar refractivity (Wildman–Crippen MR) is 121 cm³/mol. The number of nitrogens with zero attached hydrogens (tertiary/aromatic N) is 2. The average Bonchev–Trinajstić information content (AvgIpc) is 2.63. The van der Waals surface area contributed by atoms with Crippen LogP contribution in [0.4, 0.5) is 11.5 Å². The van der Waals surface area contributed by atoms with E-state index in [0.717, 1.165) is 24.2 Å². The Hall–Kier alpha value is -2.10. The highest BCUT2D eigenvalue weighted by Gasteiger charge is 2.27. The van der Waals surface area contributed by atoms with Crippen LogP contribution in [0.2, 0.25) is 0 Å². The largest absolute Gasteiger partial charge is 0.383 e. The van der Waals surface area contributed by atoms with Crippen LogP contribution in [0, 0.1) is 5.92 Å². The van der Waals surface area contributed by atoms with Crippen LogP contribution in [0.25, 0.3) is 0 Å². The zero-order valence-electron chi connectivity index (χ0n) is 18.6. The van der Waals surface area contributed by atoms with Crippen LogP contribution in [0.1, 0.15) is 66.2 Å². The first-order valence-electron chi connectivity index (χ1n) is 10.7. The molecule has 1 aromatic rings. The molecule has 0 spiro atoms. The fourth-order valence-corrected chi connectivity index (χ4v) is 4.36. The molecule has 9 nitrogen and oxygen atoms in total. The Balaban J connectivity index is 3.33. The van der Waals surface area contributed by atoms with Crippen LogP contribution in [0.3, 0.4) is 0 Å². The van der Waals surface area contributed by atoms with Gasteiger partial charge in [0.15, 0.2) is 15.5 Å². The Labute approximate surface area is 178 Å². The highest BCUT2D eigenvalue weighted by Crippen LogP contribution is 2.19. The summed E-state index contributed by atoms with van der Waals surface area (Å²) in [6.45, 7) is 8.27. The lowest BCUT2D eigenvalue weighted by Crippen LogP contribution is -2.44. The molecule has 1 amide bonds. The summed E-state index contributed by atoms with van der Waals surface area (Å²) < 4.78 is 26.0. The maximum Gasteiger partial charge on any atom is 0.330 e. The van der Waals surface area contributed by atoms with E-state index in [0.29, 0.717) is 25.8 Å². The lowest BCUT2D eigenvalue weighted by Gasteiger charge is -2.25. The lowest BCUT2D eigenvalue weighted by molar-refractivity contribution is -0.116. The molecule has 1 rings (SSSR count). The van der Waals surface area contributed by atoms with Gasteiger partial charge in [0.25, 0.3) is 5.56 Å². The molecule has 0 aliphatic rings. The highest BCUT2D eigenvalue weighted by atomic mass is 32.2. The molecule has 0 saturated carbocycles. The van der Waals surface area contributed by atoms with E-state index in [1.807, 2.05) is 27.7 Å². The van der Waals surface area contributed by atoms with Crippen molar-refractivity contribution in [1.82, 2.24) is 9.55 Å². The molecule has 0 unspecified atom stereocenters. The minimum absolute atomic E-state index is 0.0769. The van der Waals surface area contributed by atoms with Crippen molar-refractivity contribution in [1.29, 1.82) is 0 Å². The van der Waals surface area contributed by atoms with Gasteiger partial charge in [-0.2, -0.15) is 0 Å². The summed E-state index contributed by atoms with van der Waals surface area (Å²) in [4.78, 5) is 41.1. The second-order valence-electron chi connectivity index (χ2n) is 8.03. The molecule has 0 aromatic carbocycles. The van der Waals surface area contributed by atoms with E-state index in [9.17, 15) is 22.8 Å². The monoisotopic (exact) mass is 444 g/mol. The van der Waals surface area contributed by atoms with E-state index in [1.165, 1.54) is 4.57 Å². The topological polar surface area (TPSA) is 135 Å². The number of rotatable bonds is 13. The molecule has 3 N–H and O–H groups in total. The summed E-state index contributed by atoms with van der Waals surface area (Å²) >= 11 is 0. The van der Waals surface area contributed by atoms with E-state index in [4.69, 9.17) is 5.73 Å². The van der Waals surface area contributed by atoms with Crippen LogP contribution in [-0.2, 0) is 21.2 Å². The fraction of sp³-hybridized carbons (Fsp3) is 0.750. The van der Waals surface area contributed by atoms with Crippen molar-refractivity contribution < 1.29 is 13.2 Å². The first-order chi connectivity index (χ1) is 14.0. The van der Waals surface area contributed by atoms with Crippen LogP contribution < -0.4 is 21.9 Å². The molecule has 0 bridgehead atoms. The number of anilines is 2. The van der Waals surface area contributed by atoms with Gasteiger partial charge in [0, 0.05) is 13.1 Å². The molecule has 172 valence electrons. The van der Waals surface area contributed by atoms with Gasteiger partial charge in [-0.15, -0.1) is 0 Å². The Morgan fingerprint density at radius 3 is 2.33 bits per heavy atom. The number of nitrogen functional groups attached to an aromatic ring is 1. The standard InChI is InChI=1S/C20H36N4O5S/c1-5-7-9-13-30(28,29)14-16(25)23(12-10-15(3)4)17-18(21)24(11-8-6-2)20(27)22-19(17)26/h15H,5-14,21H2,1-4H3,(H,22,26,27). The number of amides is 1. The van der Waals surface area contributed by atoms with Gasteiger partial charge in [-0.3, -0.25) is 19.1 Å². The third-order valence-electron chi connectivity index (χ3n) is 4.85. The number of H-pyrrole nitrogens is 1. The van der Waals surface area contributed by atoms with Crippen LogP contribution in [-0.4, -0.2) is 41.9 Å². The summed E-state index contributed by atoms with van der Waals surface area (Å²) in [5.41, 5.74) is 4.55. The predicted octanol–water partition coefficient (Wildman–Crippen LogP) is 1.90. The number of hydrogen-bond donors (Lipinski definition) is 2. The molecule has 0 aliphatic heterocycles. The molecule has 0 aliphatic carbocycles.